The fraction of sp³-hybridized carbons (Fsp3) is 0.148. The molecule has 8 heteroatoms. The molecule has 0 unspecified atom stereocenters. The quantitative estimate of drug-likeness (QED) is 0.175. The molecule has 0 bridgehead atoms. The highest BCUT2D eigenvalue weighted by atomic mass is 16.5. The van der Waals surface area contributed by atoms with Gasteiger partial charge in [0.25, 0.3) is 0 Å². The second-order valence-electron chi connectivity index (χ2n) is 7.36. The smallest absolute Gasteiger partial charge is 0.248 e. The molecule has 0 aromatic heterocycles. The summed E-state index contributed by atoms with van der Waals surface area (Å²) in [6.07, 6.45) is 6.57. The van der Waals surface area contributed by atoms with Crippen LogP contribution in [0.15, 0.2) is 54.6 Å². The van der Waals surface area contributed by atoms with Crippen LogP contribution < -0.4 is 30.0 Å². The molecule has 0 heterocycles. The molecule has 1 amide bonds. The van der Waals surface area contributed by atoms with Gasteiger partial charge in [0.1, 0.15) is 11.5 Å². The minimum atomic E-state index is -0.412. The number of methoxy groups -OCH3 is 4. The Balaban J connectivity index is 1.84. The van der Waals surface area contributed by atoms with Crippen molar-refractivity contribution in [2.45, 2.75) is 0 Å². The third-order valence-corrected chi connectivity index (χ3v) is 5.15. The zero-order chi connectivity index (χ0) is 25.4. The van der Waals surface area contributed by atoms with Gasteiger partial charge in [0.2, 0.25) is 11.7 Å². The summed E-state index contributed by atoms with van der Waals surface area (Å²) in [7, 11) is 6.15. The van der Waals surface area contributed by atoms with Crippen molar-refractivity contribution in [2.24, 2.45) is 0 Å². The first-order chi connectivity index (χ1) is 16.9. The number of rotatable bonds is 9. The van der Waals surface area contributed by atoms with E-state index in [-0.39, 0.29) is 11.4 Å². The lowest BCUT2D eigenvalue weighted by atomic mass is 10.1. The topological polar surface area (TPSA) is 112 Å². The number of nitrogens with two attached hydrogens (primary N) is 1. The van der Waals surface area contributed by atoms with Gasteiger partial charge in [0.05, 0.1) is 39.8 Å². The number of nitrogen functional groups attached to an aromatic ring is 1. The Morgan fingerprint density at radius 1 is 0.829 bits per heavy atom. The maximum absolute atomic E-state index is 12.6. The van der Waals surface area contributed by atoms with E-state index in [1.807, 2.05) is 6.08 Å². The fourth-order valence-electron chi connectivity index (χ4n) is 3.38. The maximum atomic E-state index is 12.6. The van der Waals surface area contributed by atoms with E-state index >= 15 is 0 Å². The molecule has 4 N–H and O–H groups in total. The van der Waals surface area contributed by atoms with Gasteiger partial charge in [-0.1, -0.05) is 30.4 Å². The first-order valence-corrected chi connectivity index (χ1v) is 10.6. The number of para-hydroxylation sites is 1. The van der Waals surface area contributed by atoms with E-state index < -0.39 is 5.91 Å². The van der Waals surface area contributed by atoms with Crippen LogP contribution in [0.25, 0.3) is 18.2 Å². The van der Waals surface area contributed by atoms with Crippen molar-refractivity contribution in [2.75, 3.05) is 39.5 Å². The van der Waals surface area contributed by atoms with E-state index in [1.165, 1.54) is 26.4 Å². The van der Waals surface area contributed by atoms with Crippen LogP contribution in [0.2, 0.25) is 0 Å². The van der Waals surface area contributed by atoms with Crippen molar-refractivity contribution in [1.82, 2.24) is 0 Å². The van der Waals surface area contributed by atoms with Crippen molar-refractivity contribution in [3.63, 3.8) is 0 Å². The molecular formula is C27H28N2O6. The number of carbonyl (C=O) groups is 1. The van der Waals surface area contributed by atoms with Crippen LogP contribution in [0.1, 0.15) is 16.7 Å². The molecule has 3 rings (SSSR count). The van der Waals surface area contributed by atoms with Crippen LogP contribution in [0, 0.1) is 0 Å². The minimum Gasteiger partial charge on any atom is -0.506 e. The van der Waals surface area contributed by atoms with Gasteiger partial charge >= 0.3 is 0 Å². The van der Waals surface area contributed by atoms with Crippen molar-refractivity contribution in [3.8, 4) is 28.7 Å². The lowest BCUT2D eigenvalue weighted by Crippen LogP contribution is -2.09. The van der Waals surface area contributed by atoms with Gasteiger partial charge < -0.3 is 35.1 Å². The number of phenols is 1. The third kappa shape index (κ3) is 6.05. The van der Waals surface area contributed by atoms with Gasteiger partial charge in [-0.3, -0.25) is 4.79 Å². The molecule has 35 heavy (non-hydrogen) atoms. The number of aromatic hydroxyl groups is 1. The van der Waals surface area contributed by atoms with Gasteiger partial charge in [-0.15, -0.1) is 0 Å². The number of hydrogen-bond acceptors (Lipinski definition) is 7. The first-order valence-electron chi connectivity index (χ1n) is 10.6. The van der Waals surface area contributed by atoms with Crippen LogP contribution in [-0.4, -0.2) is 39.5 Å². The molecule has 8 nitrogen and oxygen atoms in total. The lowest BCUT2D eigenvalue weighted by Gasteiger charge is -2.13. The third-order valence-electron chi connectivity index (χ3n) is 5.15. The molecule has 0 aliphatic heterocycles. The second-order valence-corrected chi connectivity index (χ2v) is 7.36. The molecule has 0 spiro atoms. The highest BCUT2D eigenvalue weighted by molar-refractivity contribution is 6.04. The van der Waals surface area contributed by atoms with E-state index in [2.05, 4.69) is 5.32 Å². The normalized spacial score (nSPS) is 11.0. The molecule has 0 radical (unpaired) electrons. The molecule has 0 saturated heterocycles. The number of carbonyl (C=O) groups excluding carboxylic acids is 1. The van der Waals surface area contributed by atoms with Crippen molar-refractivity contribution in [1.29, 1.82) is 0 Å². The zero-order valence-electron chi connectivity index (χ0n) is 20.0. The Hall–Kier alpha value is -4.59. The standard InChI is InChI=1S/C27H28N2O6/c1-32-22-14-17(9-12-20(22)28)10-13-25(31)29-26-19(6-5-7-21(26)30)11-8-18-15-23(33-2)27(35-4)24(16-18)34-3/h5-16,30H,28H2,1-4H3,(H,29,31)/b11-8?,13-10+. The number of nitrogens with one attached hydrogen (secondary N) is 1. The maximum Gasteiger partial charge on any atom is 0.248 e. The monoisotopic (exact) mass is 476 g/mol. The van der Waals surface area contributed by atoms with E-state index in [0.717, 1.165) is 11.1 Å². The number of benzene rings is 3. The van der Waals surface area contributed by atoms with E-state index in [4.69, 9.17) is 24.7 Å². The van der Waals surface area contributed by atoms with Crippen molar-refractivity contribution in [3.05, 3.63) is 71.3 Å². The molecule has 0 aliphatic rings. The summed E-state index contributed by atoms with van der Waals surface area (Å²) < 4.78 is 21.3. The van der Waals surface area contributed by atoms with Gasteiger partial charge in [-0.2, -0.15) is 0 Å². The number of hydrogen-bond donors (Lipinski definition) is 3. The van der Waals surface area contributed by atoms with E-state index in [9.17, 15) is 9.90 Å². The van der Waals surface area contributed by atoms with E-state index in [1.54, 1.807) is 68.8 Å². The second kappa shape index (κ2) is 11.5. The van der Waals surface area contributed by atoms with E-state index in [0.29, 0.717) is 34.2 Å². The summed E-state index contributed by atoms with van der Waals surface area (Å²) >= 11 is 0. The predicted octanol–water partition coefficient (Wildman–Crippen LogP) is 4.83. The van der Waals surface area contributed by atoms with Crippen LogP contribution in [-0.2, 0) is 4.79 Å². The lowest BCUT2D eigenvalue weighted by molar-refractivity contribution is -0.111. The first kappa shape index (κ1) is 25.0. The van der Waals surface area contributed by atoms with Crippen LogP contribution in [0.3, 0.4) is 0 Å². The average molecular weight is 477 g/mol. The zero-order valence-corrected chi connectivity index (χ0v) is 20.0. The number of phenolic OH excluding ortho intramolecular Hbond substituents is 1. The minimum absolute atomic E-state index is 0.0621. The SMILES string of the molecule is COc1cc(/C=C/C(=O)Nc2c(O)cccc2C=Cc2cc(OC)c(OC)c(OC)c2)ccc1N. The largest absolute Gasteiger partial charge is 0.506 e. The molecule has 3 aromatic rings. The number of anilines is 2. The molecule has 0 saturated carbocycles. The Bertz CT molecular complexity index is 1240. The Kier molecular flexibility index (Phi) is 8.24. The van der Waals surface area contributed by atoms with Crippen LogP contribution in [0.4, 0.5) is 11.4 Å². The predicted molar refractivity (Wildman–Crippen MR) is 138 cm³/mol. The summed E-state index contributed by atoms with van der Waals surface area (Å²) in [5, 5.41) is 13.1. The highest BCUT2D eigenvalue weighted by Crippen LogP contribution is 2.39. The van der Waals surface area contributed by atoms with Crippen molar-refractivity contribution < 1.29 is 28.8 Å². The average Bonchev–Trinajstić information content (AvgIpc) is 2.87. The molecule has 0 atom stereocenters. The van der Waals surface area contributed by atoms with Crippen LogP contribution in [0.5, 0.6) is 28.7 Å². The summed E-state index contributed by atoms with van der Waals surface area (Å²) in [5.41, 5.74) is 8.73. The Labute approximate surface area is 204 Å². The molecule has 3 aromatic carbocycles. The molecule has 182 valence electrons. The van der Waals surface area contributed by atoms with Gasteiger partial charge in [-0.05, 0) is 47.5 Å². The summed E-state index contributed by atoms with van der Waals surface area (Å²) in [6, 6.07) is 13.8. The Morgan fingerprint density at radius 3 is 2.11 bits per heavy atom. The summed E-state index contributed by atoms with van der Waals surface area (Å²) in [5.74, 6) is 1.56. The van der Waals surface area contributed by atoms with Gasteiger partial charge in [-0.25, -0.2) is 0 Å². The summed E-state index contributed by atoms with van der Waals surface area (Å²) in [4.78, 5) is 12.6. The fourth-order valence-corrected chi connectivity index (χ4v) is 3.38. The van der Waals surface area contributed by atoms with Gasteiger partial charge in [0.15, 0.2) is 11.5 Å². The summed E-state index contributed by atoms with van der Waals surface area (Å²) in [6.45, 7) is 0. The van der Waals surface area contributed by atoms with Crippen LogP contribution >= 0.6 is 0 Å². The number of ether oxygens (including phenoxy) is 4. The molecular weight excluding hydrogens is 448 g/mol. The van der Waals surface area contributed by atoms with Gasteiger partial charge in [0, 0.05) is 11.6 Å². The number of amides is 1. The Morgan fingerprint density at radius 2 is 1.49 bits per heavy atom. The highest BCUT2D eigenvalue weighted by Gasteiger charge is 2.13. The van der Waals surface area contributed by atoms with Crippen molar-refractivity contribution >= 4 is 35.5 Å². The molecule has 0 aliphatic carbocycles. The molecule has 0 fully saturated rings.